The number of aryl methyl sites for hydroxylation is 1. The standard InChI is InChI=1S/C10H9FO5/c11-7-4-5(1-2-8(12)13)3-6(9(7)14)10(15)16/h3-4,14H,1-2H2,(H,12,13)(H,15,16). The van der Waals surface area contributed by atoms with E-state index in [0.29, 0.717) is 0 Å². The zero-order chi connectivity index (χ0) is 12.3. The molecule has 16 heavy (non-hydrogen) atoms. The van der Waals surface area contributed by atoms with Crippen LogP contribution in [-0.2, 0) is 11.2 Å². The summed E-state index contributed by atoms with van der Waals surface area (Å²) in [4.78, 5) is 20.9. The maximum Gasteiger partial charge on any atom is 0.339 e. The highest BCUT2D eigenvalue weighted by Gasteiger charge is 2.15. The van der Waals surface area contributed by atoms with Crippen molar-refractivity contribution in [1.82, 2.24) is 0 Å². The minimum atomic E-state index is -1.46. The van der Waals surface area contributed by atoms with Gasteiger partial charge in [-0.1, -0.05) is 0 Å². The van der Waals surface area contributed by atoms with Gasteiger partial charge in [-0.05, 0) is 24.1 Å². The van der Waals surface area contributed by atoms with E-state index in [-0.39, 0.29) is 18.4 Å². The van der Waals surface area contributed by atoms with E-state index < -0.39 is 29.1 Å². The predicted octanol–water partition coefficient (Wildman–Crippen LogP) is 1.25. The van der Waals surface area contributed by atoms with Gasteiger partial charge in [0.05, 0.1) is 0 Å². The fourth-order valence-electron chi connectivity index (χ4n) is 1.21. The highest BCUT2D eigenvalue weighted by Crippen LogP contribution is 2.23. The normalized spacial score (nSPS) is 10.1. The van der Waals surface area contributed by atoms with Gasteiger partial charge in [-0.25, -0.2) is 9.18 Å². The zero-order valence-electron chi connectivity index (χ0n) is 8.11. The first-order valence-corrected chi connectivity index (χ1v) is 4.38. The summed E-state index contributed by atoms with van der Waals surface area (Å²) in [5, 5.41) is 26.2. The average Bonchev–Trinajstić information content (AvgIpc) is 2.19. The molecule has 0 aliphatic rings. The molecular weight excluding hydrogens is 219 g/mol. The molecule has 0 saturated carbocycles. The highest BCUT2D eigenvalue weighted by atomic mass is 19.1. The molecule has 0 amide bonds. The van der Waals surface area contributed by atoms with E-state index in [1.165, 1.54) is 0 Å². The van der Waals surface area contributed by atoms with Crippen molar-refractivity contribution in [2.24, 2.45) is 0 Å². The van der Waals surface area contributed by atoms with Gasteiger partial charge in [0.25, 0.3) is 0 Å². The van der Waals surface area contributed by atoms with Crippen molar-refractivity contribution in [2.75, 3.05) is 0 Å². The Morgan fingerprint density at radius 3 is 2.38 bits per heavy atom. The molecule has 0 spiro atoms. The summed E-state index contributed by atoms with van der Waals surface area (Å²) in [5.41, 5.74) is -0.351. The van der Waals surface area contributed by atoms with E-state index in [0.717, 1.165) is 12.1 Å². The molecule has 0 atom stereocenters. The Morgan fingerprint density at radius 2 is 1.88 bits per heavy atom. The van der Waals surface area contributed by atoms with Crippen LogP contribution in [-0.4, -0.2) is 27.3 Å². The van der Waals surface area contributed by atoms with Crippen LogP contribution in [0.5, 0.6) is 5.75 Å². The molecule has 1 aromatic rings. The first kappa shape index (κ1) is 12.0. The van der Waals surface area contributed by atoms with E-state index in [9.17, 15) is 14.0 Å². The van der Waals surface area contributed by atoms with Crippen LogP contribution >= 0.6 is 0 Å². The summed E-state index contributed by atoms with van der Waals surface area (Å²) in [6, 6.07) is 1.98. The number of aromatic carboxylic acids is 1. The van der Waals surface area contributed by atoms with Crippen LogP contribution in [0.3, 0.4) is 0 Å². The Morgan fingerprint density at radius 1 is 1.25 bits per heavy atom. The summed E-state index contributed by atoms with van der Waals surface area (Å²) in [6.45, 7) is 0. The second kappa shape index (κ2) is 4.61. The molecule has 0 radical (unpaired) electrons. The molecule has 6 heteroatoms. The smallest absolute Gasteiger partial charge is 0.339 e. The van der Waals surface area contributed by atoms with Gasteiger partial charge in [0.2, 0.25) is 0 Å². The number of phenols is 1. The summed E-state index contributed by atoms with van der Waals surface area (Å²) < 4.78 is 13.1. The number of rotatable bonds is 4. The SMILES string of the molecule is O=C(O)CCc1cc(F)c(O)c(C(=O)O)c1. The molecule has 0 fully saturated rings. The van der Waals surface area contributed by atoms with Crippen molar-refractivity contribution in [3.63, 3.8) is 0 Å². The summed E-state index contributed by atoms with van der Waals surface area (Å²) in [5.74, 6) is -4.54. The Labute approximate surface area is 89.8 Å². The Kier molecular flexibility index (Phi) is 3.44. The molecule has 0 heterocycles. The number of carboxylic acid groups (broad SMARTS) is 2. The number of benzene rings is 1. The number of hydrogen-bond donors (Lipinski definition) is 3. The zero-order valence-corrected chi connectivity index (χ0v) is 8.11. The molecule has 1 rings (SSSR count). The van der Waals surface area contributed by atoms with Crippen LogP contribution < -0.4 is 0 Å². The Balaban J connectivity index is 3.04. The lowest BCUT2D eigenvalue weighted by atomic mass is 10.1. The van der Waals surface area contributed by atoms with Gasteiger partial charge in [0, 0.05) is 6.42 Å². The molecule has 0 aliphatic carbocycles. The molecule has 0 aliphatic heterocycles. The van der Waals surface area contributed by atoms with Gasteiger partial charge in [-0.3, -0.25) is 4.79 Å². The summed E-state index contributed by atoms with van der Waals surface area (Å²) in [7, 11) is 0. The minimum absolute atomic E-state index is 0.00676. The lowest BCUT2D eigenvalue weighted by molar-refractivity contribution is -0.136. The third-order valence-corrected chi connectivity index (χ3v) is 1.98. The Hall–Kier alpha value is -2.11. The quantitative estimate of drug-likeness (QED) is 0.720. The van der Waals surface area contributed by atoms with Crippen molar-refractivity contribution < 1.29 is 29.3 Å². The van der Waals surface area contributed by atoms with Crippen LogP contribution in [0.2, 0.25) is 0 Å². The third kappa shape index (κ3) is 2.69. The van der Waals surface area contributed by atoms with Crippen molar-refractivity contribution in [3.05, 3.63) is 29.1 Å². The van der Waals surface area contributed by atoms with Crippen molar-refractivity contribution in [1.29, 1.82) is 0 Å². The number of aliphatic carboxylic acids is 1. The van der Waals surface area contributed by atoms with Crippen LogP contribution in [0, 0.1) is 5.82 Å². The monoisotopic (exact) mass is 228 g/mol. The summed E-state index contributed by atoms with van der Waals surface area (Å²) >= 11 is 0. The third-order valence-electron chi connectivity index (χ3n) is 1.98. The molecule has 3 N–H and O–H groups in total. The van der Waals surface area contributed by atoms with Gasteiger partial charge in [-0.2, -0.15) is 0 Å². The second-order valence-electron chi connectivity index (χ2n) is 3.17. The summed E-state index contributed by atoms with van der Waals surface area (Å²) in [6.07, 6.45) is -0.226. The number of carboxylic acids is 2. The van der Waals surface area contributed by atoms with Crippen LogP contribution in [0.4, 0.5) is 4.39 Å². The average molecular weight is 228 g/mol. The van der Waals surface area contributed by atoms with Gasteiger partial charge >= 0.3 is 11.9 Å². The number of hydrogen-bond acceptors (Lipinski definition) is 3. The first-order valence-electron chi connectivity index (χ1n) is 4.38. The molecule has 5 nitrogen and oxygen atoms in total. The topological polar surface area (TPSA) is 94.8 Å². The van der Waals surface area contributed by atoms with E-state index in [1.807, 2.05) is 0 Å². The maximum atomic E-state index is 13.1. The largest absolute Gasteiger partial charge is 0.504 e. The lowest BCUT2D eigenvalue weighted by Crippen LogP contribution is -2.02. The van der Waals surface area contributed by atoms with Crippen molar-refractivity contribution in [2.45, 2.75) is 12.8 Å². The molecular formula is C10H9FO5. The molecule has 86 valence electrons. The fraction of sp³-hybridized carbons (Fsp3) is 0.200. The van der Waals surface area contributed by atoms with Gasteiger partial charge < -0.3 is 15.3 Å². The van der Waals surface area contributed by atoms with Crippen LogP contribution in [0.1, 0.15) is 22.3 Å². The second-order valence-corrected chi connectivity index (χ2v) is 3.17. The molecule has 0 bridgehead atoms. The number of halogens is 1. The van der Waals surface area contributed by atoms with Gasteiger partial charge in [0.1, 0.15) is 5.56 Å². The Bertz CT molecular complexity index is 441. The molecule has 1 aromatic carbocycles. The number of aromatic hydroxyl groups is 1. The highest BCUT2D eigenvalue weighted by molar-refractivity contribution is 5.91. The van der Waals surface area contributed by atoms with Crippen molar-refractivity contribution >= 4 is 11.9 Å². The minimum Gasteiger partial charge on any atom is -0.504 e. The van der Waals surface area contributed by atoms with Crippen LogP contribution in [0.15, 0.2) is 12.1 Å². The van der Waals surface area contributed by atoms with Gasteiger partial charge in [0.15, 0.2) is 11.6 Å². The fourth-order valence-corrected chi connectivity index (χ4v) is 1.21. The van der Waals surface area contributed by atoms with E-state index in [2.05, 4.69) is 0 Å². The lowest BCUT2D eigenvalue weighted by Gasteiger charge is -2.04. The van der Waals surface area contributed by atoms with Crippen molar-refractivity contribution in [3.8, 4) is 5.75 Å². The maximum absolute atomic E-state index is 13.1. The van der Waals surface area contributed by atoms with Gasteiger partial charge in [-0.15, -0.1) is 0 Å². The van der Waals surface area contributed by atoms with E-state index in [1.54, 1.807) is 0 Å². The van der Waals surface area contributed by atoms with E-state index >= 15 is 0 Å². The number of carbonyl (C=O) groups is 2. The van der Waals surface area contributed by atoms with E-state index in [4.69, 9.17) is 15.3 Å². The predicted molar refractivity (Wildman–Crippen MR) is 51.0 cm³/mol. The molecule has 0 saturated heterocycles. The molecule has 0 aromatic heterocycles. The van der Waals surface area contributed by atoms with Crippen LogP contribution in [0.25, 0.3) is 0 Å². The molecule has 0 unspecified atom stereocenters. The first-order chi connectivity index (χ1) is 7.41.